The number of rotatable bonds is 9. The van der Waals surface area contributed by atoms with E-state index in [0.29, 0.717) is 24.1 Å². The molecule has 0 unspecified atom stereocenters. The van der Waals surface area contributed by atoms with E-state index in [1.807, 2.05) is 41.2 Å². The van der Waals surface area contributed by atoms with Crippen LogP contribution in [0.5, 0.6) is 0 Å². The quantitative estimate of drug-likeness (QED) is 0.263. The smallest absolute Gasteiger partial charge is 0.247 e. The molecule has 0 bridgehead atoms. The van der Waals surface area contributed by atoms with Crippen LogP contribution in [-0.4, -0.2) is 30.6 Å². The minimum atomic E-state index is -0.277. The maximum atomic E-state index is 11.5. The van der Waals surface area contributed by atoms with Gasteiger partial charge in [-0.05, 0) is 47.5 Å². The zero-order valence-electron chi connectivity index (χ0n) is 19.4. The van der Waals surface area contributed by atoms with Gasteiger partial charge in [-0.15, -0.1) is 0 Å². The van der Waals surface area contributed by atoms with E-state index >= 15 is 0 Å². The van der Waals surface area contributed by atoms with Crippen molar-refractivity contribution < 1.29 is 4.79 Å². The summed E-state index contributed by atoms with van der Waals surface area (Å²) in [4.78, 5) is 24.4. The van der Waals surface area contributed by atoms with Crippen LogP contribution in [0, 0.1) is 0 Å². The Balaban J connectivity index is 1.23. The van der Waals surface area contributed by atoms with Crippen LogP contribution >= 0.6 is 0 Å². The monoisotopic (exact) mass is 476 g/mol. The van der Waals surface area contributed by atoms with Crippen LogP contribution in [0.3, 0.4) is 0 Å². The predicted octanol–water partition coefficient (Wildman–Crippen LogP) is 4.75. The average molecular weight is 477 g/mol. The van der Waals surface area contributed by atoms with Gasteiger partial charge in [-0.2, -0.15) is 10.1 Å². The molecule has 3 N–H and O–H groups in total. The molecule has 1 amide bonds. The number of carbonyl (C=O) groups excluding carboxylic acids is 1. The molecular formula is C27H24N8O. The highest BCUT2D eigenvalue weighted by Crippen LogP contribution is 2.20. The molecule has 5 rings (SSSR count). The lowest BCUT2D eigenvalue weighted by Crippen LogP contribution is -2.08. The first-order valence-corrected chi connectivity index (χ1v) is 11.4. The Morgan fingerprint density at radius 1 is 0.917 bits per heavy atom. The molecule has 5 aromatic rings. The van der Waals surface area contributed by atoms with E-state index < -0.39 is 0 Å². The van der Waals surface area contributed by atoms with E-state index in [4.69, 9.17) is 0 Å². The Labute approximate surface area is 207 Å². The van der Waals surface area contributed by atoms with E-state index in [0.717, 1.165) is 28.7 Å². The van der Waals surface area contributed by atoms with Crippen LogP contribution in [0.4, 0.5) is 23.3 Å². The fourth-order valence-electron chi connectivity index (χ4n) is 3.75. The zero-order valence-corrected chi connectivity index (χ0v) is 19.4. The molecule has 0 saturated heterocycles. The number of nitrogens with one attached hydrogen (secondary N) is 3. The Bertz CT molecular complexity index is 1510. The third kappa shape index (κ3) is 5.53. The minimum absolute atomic E-state index is 0.277. The lowest BCUT2D eigenvalue weighted by molar-refractivity contribution is -0.111. The van der Waals surface area contributed by atoms with Crippen molar-refractivity contribution in [1.82, 2.24) is 24.7 Å². The molecule has 0 aliphatic rings. The van der Waals surface area contributed by atoms with Gasteiger partial charge in [-0.3, -0.25) is 9.48 Å². The second-order valence-corrected chi connectivity index (χ2v) is 8.07. The first-order valence-electron chi connectivity index (χ1n) is 11.4. The minimum Gasteiger partial charge on any atom is -0.350 e. The molecule has 178 valence electrons. The van der Waals surface area contributed by atoms with Gasteiger partial charge in [0, 0.05) is 23.3 Å². The third-order valence-electron chi connectivity index (χ3n) is 5.48. The number of fused-ring (bicyclic) bond motifs is 1. The number of hydrogen-bond acceptors (Lipinski definition) is 7. The third-order valence-corrected chi connectivity index (χ3v) is 5.48. The molecule has 36 heavy (non-hydrogen) atoms. The normalized spacial score (nSPS) is 10.7. The second kappa shape index (κ2) is 10.5. The number of amides is 1. The number of aromatic nitrogens is 5. The van der Waals surface area contributed by atoms with Gasteiger partial charge in [-0.1, -0.05) is 49.0 Å². The molecule has 3 aromatic carbocycles. The summed E-state index contributed by atoms with van der Waals surface area (Å²) in [6.07, 6.45) is 4.55. The summed E-state index contributed by atoms with van der Waals surface area (Å²) in [7, 11) is 0. The predicted molar refractivity (Wildman–Crippen MR) is 141 cm³/mol. The van der Waals surface area contributed by atoms with Gasteiger partial charge in [0.05, 0.1) is 18.3 Å². The fraction of sp³-hybridized carbons (Fsp3) is 0.0741. The Morgan fingerprint density at radius 3 is 2.61 bits per heavy atom. The van der Waals surface area contributed by atoms with Gasteiger partial charge in [0.1, 0.15) is 6.33 Å². The van der Waals surface area contributed by atoms with Crippen molar-refractivity contribution >= 4 is 40.1 Å². The molecule has 9 heteroatoms. The maximum Gasteiger partial charge on any atom is 0.247 e. The molecule has 0 radical (unpaired) electrons. The van der Waals surface area contributed by atoms with E-state index in [1.165, 1.54) is 18.0 Å². The van der Waals surface area contributed by atoms with E-state index in [2.05, 4.69) is 72.9 Å². The summed E-state index contributed by atoms with van der Waals surface area (Å²) in [5, 5.41) is 14.7. The molecule has 2 heterocycles. The molecule has 0 aliphatic carbocycles. The zero-order chi connectivity index (χ0) is 24.7. The van der Waals surface area contributed by atoms with Crippen LogP contribution in [0.2, 0.25) is 0 Å². The molecule has 9 nitrogen and oxygen atoms in total. The Morgan fingerprint density at radius 2 is 1.75 bits per heavy atom. The number of carbonyl (C=O) groups is 1. The maximum absolute atomic E-state index is 11.5. The highest BCUT2D eigenvalue weighted by atomic mass is 16.1. The second-order valence-electron chi connectivity index (χ2n) is 8.07. The van der Waals surface area contributed by atoms with Crippen LogP contribution in [-0.2, 0) is 17.9 Å². The molecule has 0 spiro atoms. The van der Waals surface area contributed by atoms with Crippen LogP contribution in [0.15, 0.2) is 98.0 Å². The van der Waals surface area contributed by atoms with Crippen molar-refractivity contribution in [3.63, 3.8) is 0 Å². The fourth-order valence-corrected chi connectivity index (χ4v) is 3.75. The summed E-state index contributed by atoms with van der Waals surface area (Å²) in [5.74, 6) is 0.557. The highest BCUT2D eigenvalue weighted by molar-refractivity contribution is 5.99. The van der Waals surface area contributed by atoms with Gasteiger partial charge < -0.3 is 16.0 Å². The van der Waals surface area contributed by atoms with Gasteiger partial charge >= 0.3 is 0 Å². The SMILES string of the molecule is C=CC(=O)Nc1cccc(Nc2ncnc(NCc3ccc4c(cnn4Cc4ccccc4)c3)n2)c1. The van der Waals surface area contributed by atoms with Crippen molar-refractivity contribution in [2.75, 3.05) is 16.0 Å². The van der Waals surface area contributed by atoms with Gasteiger partial charge in [0.15, 0.2) is 0 Å². The first kappa shape index (κ1) is 22.7. The lowest BCUT2D eigenvalue weighted by atomic mass is 10.1. The first-order chi connectivity index (χ1) is 17.7. The van der Waals surface area contributed by atoms with E-state index in [1.54, 1.807) is 12.1 Å². The molecule has 0 saturated carbocycles. The van der Waals surface area contributed by atoms with Crippen LogP contribution < -0.4 is 16.0 Å². The topological polar surface area (TPSA) is 110 Å². The van der Waals surface area contributed by atoms with Crippen molar-refractivity contribution in [3.8, 4) is 0 Å². The number of hydrogen-bond donors (Lipinski definition) is 3. The number of anilines is 4. The van der Waals surface area contributed by atoms with E-state index in [-0.39, 0.29) is 5.91 Å². The summed E-state index contributed by atoms with van der Waals surface area (Å²) in [5.41, 5.74) is 4.75. The van der Waals surface area contributed by atoms with Crippen LogP contribution in [0.1, 0.15) is 11.1 Å². The van der Waals surface area contributed by atoms with Gasteiger partial charge in [0.25, 0.3) is 0 Å². The molecule has 0 atom stereocenters. The van der Waals surface area contributed by atoms with Crippen molar-refractivity contribution in [2.24, 2.45) is 0 Å². The van der Waals surface area contributed by atoms with Crippen molar-refractivity contribution in [3.05, 3.63) is 109 Å². The standard InChI is InChI=1S/C27H24N8O/c1-2-25(36)32-22-9-6-10-23(14-22)33-27-30-18-29-26(34-27)28-15-20-11-12-24-21(13-20)16-31-35(24)17-19-7-4-3-5-8-19/h2-14,16,18H,1,15,17H2,(H,32,36)(H2,28,29,30,33,34). The summed E-state index contributed by atoms with van der Waals surface area (Å²) in [6, 6.07) is 23.8. The summed E-state index contributed by atoms with van der Waals surface area (Å²) < 4.78 is 2.00. The number of benzene rings is 3. The van der Waals surface area contributed by atoms with Gasteiger partial charge in [-0.25, -0.2) is 9.97 Å². The average Bonchev–Trinajstić information content (AvgIpc) is 3.30. The van der Waals surface area contributed by atoms with Gasteiger partial charge in [0.2, 0.25) is 17.8 Å². The Hall–Kier alpha value is -5.05. The molecule has 2 aromatic heterocycles. The summed E-state index contributed by atoms with van der Waals surface area (Å²) in [6.45, 7) is 4.74. The molecule has 0 aliphatic heterocycles. The number of nitrogens with zero attached hydrogens (tertiary/aromatic N) is 5. The molecular weight excluding hydrogens is 452 g/mol. The van der Waals surface area contributed by atoms with Crippen molar-refractivity contribution in [1.29, 1.82) is 0 Å². The van der Waals surface area contributed by atoms with E-state index in [9.17, 15) is 4.79 Å². The highest BCUT2D eigenvalue weighted by Gasteiger charge is 2.07. The summed E-state index contributed by atoms with van der Waals surface area (Å²) >= 11 is 0. The van der Waals surface area contributed by atoms with Crippen molar-refractivity contribution in [2.45, 2.75) is 13.1 Å². The largest absolute Gasteiger partial charge is 0.350 e. The molecule has 0 fully saturated rings. The Kier molecular flexibility index (Phi) is 6.61. The van der Waals surface area contributed by atoms with Crippen LogP contribution in [0.25, 0.3) is 10.9 Å². The lowest BCUT2D eigenvalue weighted by Gasteiger charge is -2.09.